The zero-order valence-corrected chi connectivity index (χ0v) is 10.4. The molecule has 0 bridgehead atoms. The van der Waals surface area contributed by atoms with E-state index in [0.717, 1.165) is 12.8 Å². The van der Waals surface area contributed by atoms with E-state index in [4.69, 9.17) is 5.73 Å². The molecule has 0 saturated heterocycles. The van der Waals surface area contributed by atoms with E-state index in [1.165, 1.54) is 6.07 Å². The lowest BCUT2D eigenvalue weighted by atomic mass is 10.0. The van der Waals surface area contributed by atoms with Gasteiger partial charge >= 0.3 is 5.51 Å². The summed E-state index contributed by atoms with van der Waals surface area (Å²) in [7, 11) is 0. The number of rotatable bonds is 5. The van der Waals surface area contributed by atoms with Gasteiger partial charge in [0, 0.05) is 10.9 Å². The highest BCUT2D eigenvalue weighted by molar-refractivity contribution is 8.00. The van der Waals surface area contributed by atoms with Crippen LogP contribution in [-0.2, 0) is 0 Å². The molecule has 5 heteroatoms. The second-order valence-corrected chi connectivity index (χ2v) is 4.94. The Bertz CT molecular complexity index is 352. The summed E-state index contributed by atoms with van der Waals surface area (Å²) in [5.74, 6) is 0. The minimum Gasteiger partial charge on any atom is -0.324 e. The molecule has 0 heterocycles. The van der Waals surface area contributed by atoms with Gasteiger partial charge in [0.2, 0.25) is 0 Å². The first-order valence-electron chi connectivity index (χ1n) is 5.54. The van der Waals surface area contributed by atoms with Crippen molar-refractivity contribution in [2.75, 3.05) is 0 Å². The smallest absolute Gasteiger partial charge is 0.324 e. The average molecular weight is 263 g/mol. The quantitative estimate of drug-likeness (QED) is 0.792. The van der Waals surface area contributed by atoms with Crippen molar-refractivity contribution in [2.45, 2.75) is 42.6 Å². The van der Waals surface area contributed by atoms with Gasteiger partial charge in [0.15, 0.2) is 0 Å². The molecular weight excluding hydrogens is 247 g/mol. The summed E-state index contributed by atoms with van der Waals surface area (Å²) in [5, 5.41) is 0. The summed E-state index contributed by atoms with van der Waals surface area (Å²) < 4.78 is 37.1. The van der Waals surface area contributed by atoms with E-state index in [1.807, 2.05) is 6.92 Å². The molecule has 0 aliphatic heterocycles. The van der Waals surface area contributed by atoms with Gasteiger partial charge in [-0.3, -0.25) is 0 Å². The van der Waals surface area contributed by atoms with E-state index in [-0.39, 0.29) is 22.7 Å². The van der Waals surface area contributed by atoms with Crippen molar-refractivity contribution in [3.05, 3.63) is 29.8 Å². The Balaban J connectivity index is 2.83. The summed E-state index contributed by atoms with van der Waals surface area (Å²) in [4.78, 5) is 0.212. The minimum absolute atomic E-state index is 0.0908. The summed E-state index contributed by atoms with van der Waals surface area (Å²) in [6, 6.07) is 6.15. The van der Waals surface area contributed by atoms with Crippen LogP contribution in [0, 0.1) is 0 Å². The molecule has 0 unspecified atom stereocenters. The Hall–Kier alpha value is -0.680. The first-order valence-corrected chi connectivity index (χ1v) is 6.36. The van der Waals surface area contributed by atoms with Crippen molar-refractivity contribution in [3.8, 4) is 0 Å². The molecular formula is C12H16F3NS. The summed E-state index contributed by atoms with van der Waals surface area (Å²) in [6.07, 6.45) is 2.63. The number of nitrogens with two attached hydrogens (primary N) is 1. The van der Waals surface area contributed by atoms with E-state index in [2.05, 4.69) is 0 Å². The summed E-state index contributed by atoms with van der Waals surface area (Å²) >= 11 is -0.0908. The van der Waals surface area contributed by atoms with Gasteiger partial charge in [-0.05, 0) is 29.8 Å². The molecule has 1 atom stereocenters. The molecule has 17 heavy (non-hydrogen) atoms. The van der Waals surface area contributed by atoms with Crippen LogP contribution in [0.5, 0.6) is 0 Å². The Morgan fingerprint density at radius 1 is 1.29 bits per heavy atom. The molecule has 0 spiro atoms. The predicted molar refractivity (Wildman–Crippen MR) is 64.8 cm³/mol. The van der Waals surface area contributed by atoms with Crippen molar-refractivity contribution in [1.82, 2.24) is 0 Å². The summed E-state index contributed by atoms with van der Waals surface area (Å²) in [6.45, 7) is 2.03. The third-order valence-electron chi connectivity index (χ3n) is 2.41. The maximum absolute atomic E-state index is 12.4. The normalized spacial score (nSPS) is 13.7. The van der Waals surface area contributed by atoms with Crippen LogP contribution >= 0.6 is 11.8 Å². The van der Waals surface area contributed by atoms with Crippen LogP contribution in [0.3, 0.4) is 0 Å². The fourth-order valence-electron chi connectivity index (χ4n) is 1.58. The number of unbranched alkanes of at least 4 members (excludes halogenated alkanes) is 1. The Labute approximate surface area is 104 Å². The van der Waals surface area contributed by atoms with Crippen LogP contribution in [0.2, 0.25) is 0 Å². The minimum atomic E-state index is -4.26. The standard InChI is InChI=1S/C12H16F3NS/c1-2-3-7-10(16)9-6-4-5-8-11(9)17-12(13,14)15/h4-6,8,10H,2-3,7,16H2,1H3/t10-/m1/s1. The fourth-order valence-corrected chi connectivity index (χ4v) is 2.32. The van der Waals surface area contributed by atoms with Gasteiger partial charge < -0.3 is 5.73 Å². The average Bonchev–Trinajstić information content (AvgIpc) is 2.24. The zero-order chi connectivity index (χ0) is 12.9. The Kier molecular flexibility index (Phi) is 5.33. The molecule has 0 aliphatic carbocycles. The lowest BCUT2D eigenvalue weighted by Gasteiger charge is -2.16. The number of thioether (sulfide) groups is 1. The predicted octanol–water partition coefficient (Wildman–Crippen LogP) is 4.49. The monoisotopic (exact) mass is 263 g/mol. The first kappa shape index (κ1) is 14.4. The molecule has 0 saturated carbocycles. The van der Waals surface area contributed by atoms with Crippen molar-refractivity contribution < 1.29 is 13.2 Å². The Morgan fingerprint density at radius 3 is 2.53 bits per heavy atom. The van der Waals surface area contributed by atoms with E-state index in [9.17, 15) is 13.2 Å². The Morgan fingerprint density at radius 2 is 1.94 bits per heavy atom. The maximum atomic E-state index is 12.4. The van der Waals surface area contributed by atoms with Crippen molar-refractivity contribution in [1.29, 1.82) is 0 Å². The third kappa shape index (κ3) is 5.00. The molecule has 1 nitrogen and oxygen atoms in total. The molecule has 0 aliphatic rings. The SMILES string of the molecule is CCCC[C@@H](N)c1ccccc1SC(F)(F)F. The second kappa shape index (κ2) is 6.31. The van der Waals surface area contributed by atoms with E-state index in [0.29, 0.717) is 12.0 Å². The van der Waals surface area contributed by atoms with Crippen molar-refractivity contribution >= 4 is 11.8 Å². The number of hydrogen-bond donors (Lipinski definition) is 1. The van der Waals surface area contributed by atoms with E-state index in [1.54, 1.807) is 18.2 Å². The summed E-state index contributed by atoms with van der Waals surface area (Å²) in [5.41, 5.74) is 2.24. The number of halogens is 3. The molecule has 2 N–H and O–H groups in total. The highest BCUT2D eigenvalue weighted by Crippen LogP contribution is 2.40. The second-order valence-electron chi connectivity index (χ2n) is 3.83. The van der Waals surface area contributed by atoms with Crippen LogP contribution in [-0.4, -0.2) is 5.51 Å². The molecule has 0 amide bonds. The van der Waals surface area contributed by atoms with Gasteiger partial charge in [0.05, 0.1) is 0 Å². The van der Waals surface area contributed by atoms with Gasteiger partial charge in [-0.15, -0.1) is 0 Å². The molecule has 96 valence electrons. The number of alkyl halides is 3. The first-order chi connectivity index (χ1) is 7.94. The molecule has 0 radical (unpaired) electrons. The lowest BCUT2D eigenvalue weighted by Crippen LogP contribution is -2.12. The topological polar surface area (TPSA) is 26.0 Å². The fraction of sp³-hybridized carbons (Fsp3) is 0.500. The highest BCUT2D eigenvalue weighted by atomic mass is 32.2. The van der Waals surface area contributed by atoms with Crippen LogP contribution in [0.4, 0.5) is 13.2 Å². The molecule has 1 aromatic carbocycles. The maximum Gasteiger partial charge on any atom is 0.446 e. The van der Waals surface area contributed by atoms with Crippen LogP contribution in [0.25, 0.3) is 0 Å². The molecule has 0 aromatic heterocycles. The van der Waals surface area contributed by atoms with E-state index < -0.39 is 5.51 Å². The van der Waals surface area contributed by atoms with Crippen LogP contribution < -0.4 is 5.73 Å². The highest BCUT2D eigenvalue weighted by Gasteiger charge is 2.30. The van der Waals surface area contributed by atoms with Gasteiger partial charge in [-0.25, -0.2) is 0 Å². The number of benzene rings is 1. The lowest BCUT2D eigenvalue weighted by molar-refractivity contribution is -0.0328. The zero-order valence-electron chi connectivity index (χ0n) is 9.63. The molecule has 1 rings (SSSR count). The van der Waals surface area contributed by atoms with Gasteiger partial charge in [-0.2, -0.15) is 13.2 Å². The van der Waals surface area contributed by atoms with E-state index >= 15 is 0 Å². The number of hydrogen-bond acceptors (Lipinski definition) is 2. The van der Waals surface area contributed by atoms with Gasteiger partial charge in [-0.1, -0.05) is 38.0 Å². The molecule has 0 fully saturated rings. The van der Waals surface area contributed by atoms with Crippen LogP contribution in [0.15, 0.2) is 29.2 Å². The van der Waals surface area contributed by atoms with Gasteiger partial charge in [0.25, 0.3) is 0 Å². The third-order valence-corrected chi connectivity index (χ3v) is 3.24. The molecule has 1 aromatic rings. The van der Waals surface area contributed by atoms with Crippen LogP contribution in [0.1, 0.15) is 37.8 Å². The van der Waals surface area contributed by atoms with Crippen molar-refractivity contribution in [2.24, 2.45) is 5.73 Å². The van der Waals surface area contributed by atoms with Crippen molar-refractivity contribution in [3.63, 3.8) is 0 Å². The largest absolute Gasteiger partial charge is 0.446 e. The van der Waals surface area contributed by atoms with Gasteiger partial charge in [0.1, 0.15) is 0 Å².